The fraction of sp³-hybridized carbons (Fsp3) is 0.250. The molecule has 0 saturated heterocycles. The molecule has 3 aromatic rings. The van der Waals surface area contributed by atoms with Crippen LogP contribution < -0.4 is 14.8 Å². The summed E-state index contributed by atoms with van der Waals surface area (Å²) in [7, 11) is 0. The number of tetrazole rings is 1. The van der Waals surface area contributed by atoms with E-state index in [9.17, 15) is 4.79 Å². The summed E-state index contributed by atoms with van der Waals surface area (Å²) in [5.41, 5.74) is 1.07. The number of aromatic nitrogens is 4. The van der Waals surface area contributed by atoms with Gasteiger partial charge in [-0.1, -0.05) is 12.1 Å². The van der Waals surface area contributed by atoms with Crippen LogP contribution in [0.4, 0.5) is 0 Å². The molecule has 0 unspecified atom stereocenters. The number of nitrogens with zero attached hydrogens (tertiary/aromatic N) is 4. The Bertz CT molecular complexity index is 878. The van der Waals surface area contributed by atoms with E-state index in [4.69, 9.17) is 9.47 Å². The lowest BCUT2D eigenvalue weighted by Crippen LogP contribution is -2.30. The summed E-state index contributed by atoms with van der Waals surface area (Å²) in [6, 6.07) is 9.61. The number of thiophene rings is 1. The highest BCUT2D eigenvalue weighted by molar-refractivity contribution is 7.13. The van der Waals surface area contributed by atoms with Gasteiger partial charge in [0.15, 0.2) is 11.5 Å². The van der Waals surface area contributed by atoms with Gasteiger partial charge in [0.05, 0.1) is 4.88 Å². The van der Waals surface area contributed by atoms with E-state index >= 15 is 0 Å². The second-order valence-electron chi connectivity index (χ2n) is 5.41. The number of carbonyl (C=O) groups excluding carboxylic acids is 1. The Kier molecular flexibility index (Phi) is 4.30. The zero-order valence-corrected chi connectivity index (χ0v) is 14.0. The van der Waals surface area contributed by atoms with Gasteiger partial charge in [0.2, 0.25) is 18.5 Å². The molecule has 1 aliphatic heterocycles. The molecule has 2 aromatic heterocycles. The molecular weight excluding hydrogens is 342 g/mol. The minimum absolute atomic E-state index is 0.0412. The summed E-state index contributed by atoms with van der Waals surface area (Å²) in [4.78, 5) is 14.2. The first-order chi connectivity index (χ1) is 12.3. The number of hydrogen-bond acceptors (Lipinski definition) is 7. The zero-order chi connectivity index (χ0) is 17.1. The Morgan fingerprint density at radius 1 is 1.28 bits per heavy atom. The second-order valence-corrected chi connectivity index (χ2v) is 6.36. The number of hydrogen-bond donors (Lipinski definition) is 1. The van der Waals surface area contributed by atoms with Crippen LogP contribution in [0.1, 0.15) is 5.56 Å². The van der Waals surface area contributed by atoms with Crippen LogP contribution >= 0.6 is 11.3 Å². The molecule has 1 N–H and O–H groups in total. The predicted octanol–water partition coefficient (Wildman–Crippen LogP) is 1.49. The van der Waals surface area contributed by atoms with Crippen LogP contribution in [0.2, 0.25) is 0 Å². The molecule has 128 valence electrons. The van der Waals surface area contributed by atoms with Gasteiger partial charge in [-0.15, -0.1) is 21.5 Å². The molecule has 0 atom stereocenters. The van der Waals surface area contributed by atoms with Crippen molar-refractivity contribution in [2.24, 2.45) is 0 Å². The van der Waals surface area contributed by atoms with Gasteiger partial charge in [0.1, 0.15) is 6.54 Å². The zero-order valence-electron chi connectivity index (χ0n) is 13.2. The lowest BCUT2D eigenvalue weighted by Gasteiger charge is -2.05. The molecule has 1 aromatic carbocycles. The van der Waals surface area contributed by atoms with Gasteiger partial charge in [-0.05, 0) is 40.8 Å². The minimum Gasteiger partial charge on any atom is -0.454 e. The first kappa shape index (κ1) is 15.6. The van der Waals surface area contributed by atoms with E-state index in [1.54, 1.807) is 0 Å². The molecule has 0 aliphatic carbocycles. The highest BCUT2D eigenvalue weighted by Crippen LogP contribution is 2.32. The molecule has 1 amide bonds. The summed E-state index contributed by atoms with van der Waals surface area (Å²) < 4.78 is 10.6. The van der Waals surface area contributed by atoms with Gasteiger partial charge >= 0.3 is 0 Å². The van der Waals surface area contributed by atoms with Gasteiger partial charge < -0.3 is 14.8 Å². The molecule has 0 radical (unpaired) electrons. The number of amides is 1. The Morgan fingerprint density at radius 3 is 3.08 bits per heavy atom. The smallest absolute Gasteiger partial charge is 0.243 e. The van der Waals surface area contributed by atoms with Crippen LogP contribution in [0.3, 0.4) is 0 Å². The number of carbonyl (C=O) groups is 1. The van der Waals surface area contributed by atoms with E-state index in [0.717, 1.165) is 21.9 Å². The van der Waals surface area contributed by atoms with Crippen molar-refractivity contribution >= 4 is 17.2 Å². The molecular formula is C16H15N5O3S. The summed E-state index contributed by atoms with van der Waals surface area (Å²) in [6.45, 7) is 0.818. The molecule has 0 saturated carbocycles. The monoisotopic (exact) mass is 357 g/mol. The Labute approximate surface area is 147 Å². The van der Waals surface area contributed by atoms with Crippen molar-refractivity contribution < 1.29 is 14.3 Å². The third-order valence-electron chi connectivity index (χ3n) is 3.65. The average Bonchev–Trinajstić information content (AvgIpc) is 3.35. The van der Waals surface area contributed by atoms with E-state index in [-0.39, 0.29) is 19.2 Å². The van der Waals surface area contributed by atoms with Crippen molar-refractivity contribution in [2.75, 3.05) is 13.3 Å². The third kappa shape index (κ3) is 3.61. The van der Waals surface area contributed by atoms with E-state index in [2.05, 4.69) is 20.7 Å². The van der Waals surface area contributed by atoms with Crippen LogP contribution in [0.15, 0.2) is 35.7 Å². The lowest BCUT2D eigenvalue weighted by atomic mass is 10.1. The molecule has 3 heterocycles. The number of ether oxygens (including phenoxy) is 2. The molecule has 0 fully saturated rings. The van der Waals surface area contributed by atoms with Crippen molar-refractivity contribution in [2.45, 2.75) is 13.0 Å². The summed E-state index contributed by atoms with van der Waals surface area (Å²) >= 11 is 1.53. The fourth-order valence-corrected chi connectivity index (χ4v) is 3.09. The van der Waals surface area contributed by atoms with Crippen LogP contribution in [0.5, 0.6) is 11.5 Å². The van der Waals surface area contributed by atoms with Crippen molar-refractivity contribution in [1.82, 2.24) is 25.5 Å². The third-order valence-corrected chi connectivity index (χ3v) is 4.52. The quantitative estimate of drug-likeness (QED) is 0.719. The largest absolute Gasteiger partial charge is 0.454 e. The average molecular weight is 357 g/mol. The summed E-state index contributed by atoms with van der Waals surface area (Å²) in [6.07, 6.45) is 0.702. The molecule has 25 heavy (non-hydrogen) atoms. The number of fused-ring (bicyclic) bond motifs is 1. The molecule has 9 heteroatoms. The van der Waals surface area contributed by atoms with E-state index in [1.807, 2.05) is 35.7 Å². The highest BCUT2D eigenvalue weighted by Gasteiger charge is 2.13. The molecule has 0 spiro atoms. The molecule has 8 nitrogen and oxygen atoms in total. The first-order valence-electron chi connectivity index (χ1n) is 7.75. The van der Waals surface area contributed by atoms with Crippen LogP contribution in [0.25, 0.3) is 10.7 Å². The van der Waals surface area contributed by atoms with Crippen molar-refractivity contribution in [3.8, 4) is 22.2 Å². The Balaban J connectivity index is 1.27. The van der Waals surface area contributed by atoms with Gasteiger partial charge in [0.25, 0.3) is 0 Å². The second kappa shape index (κ2) is 6.89. The maximum Gasteiger partial charge on any atom is 0.243 e. The van der Waals surface area contributed by atoms with E-state index in [0.29, 0.717) is 18.8 Å². The topological polar surface area (TPSA) is 91.2 Å². The Morgan fingerprint density at radius 2 is 2.20 bits per heavy atom. The minimum atomic E-state index is -0.157. The van der Waals surface area contributed by atoms with Gasteiger partial charge in [0, 0.05) is 6.54 Å². The highest BCUT2D eigenvalue weighted by atomic mass is 32.1. The van der Waals surface area contributed by atoms with Crippen molar-refractivity contribution in [1.29, 1.82) is 0 Å². The number of benzene rings is 1. The molecule has 1 aliphatic rings. The maximum atomic E-state index is 12.0. The standard InChI is InChI=1S/C16H15N5O3S/c22-15(9-21-19-16(18-20-21)14-2-1-7-25-14)17-6-5-11-3-4-12-13(8-11)24-10-23-12/h1-4,7-8H,5-6,9-10H2,(H,17,22). The van der Waals surface area contributed by atoms with E-state index < -0.39 is 0 Å². The van der Waals surface area contributed by atoms with Crippen molar-refractivity contribution in [3.63, 3.8) is 0 Å². The summed E-state index contributed by atoms with van der Waals surface area (Å²) in [5, 5.41) is 16.9. The molecule has 4 rings (SSSR count). The lowest BCUT2D eigenvalue weighted by molar-refractivity contribution is -0.122. The molecule has 0 bridgehead atoms. The maximum absolute atomic E-state index is 12.0. The summed E-state index contributed by atoms with van der Waals surface area (Å²) in [5.74, 6) is 1.88. The van der Waals surface area contributed by atoms with Gasteiger partial charge in [-0.3, -0.25) is 4.79 Å². The fourth-order valence-electron chi connectivity index (χ4n) is 2.44. The van der Waals surface area contributed by atoms with Crippen LogP contribution in [0, 0.1) is 0 Å². The first-order valence-corrected chi connectivity index (χ1v) is 8.63. The number of rotatable bonds is 6. The van der Waals surface area contributed by atoms with Crippen LogP contribution in [-0.4, -0.2) is 39.5 Å². The van der Waals surface area contributed by atoms with Crippen LogP contribution in [-0.2, 0) is 17.8 Å². The predicted molar refractivity (Wildman–Crippen MR) is 90.4 cm³/mol. The SMILES string of the molecule is O=C(Cn1nnc(-c2cccs2)n1)NCCc1ccc2c(c1)OCO2. The van der Waals surface area contributed by atoms with E-state index in [1.165, 1.54) is 16.1 Å². The Hall–Kier alpha value is -2.94. The number of nitrogens with one attached hydrogen (secondary N) is 1. The van der Waals surface area contributed by atoms with Crippen molar-refractivity contribution in [3.05, 3.63) is 41.3 Å². The normalized spacial score (nSPS) is 12.3. The van der Waals surface area contributed by atoms with Gasteiger partial charge in [-0.25, -0.2) is 0 Å². The van der Waals surface area contributed by atoms with Gasteiger partial charge in [-0.2, -0.15) is 4.80 Å².